The molecule has 0 spiro atoms. The van der Waals surface area contributed by atoms with Crippen LogP contribution in [0.1, 0.15) is 24.2 Å². The fourth-order valence-electron chi connectivity index (χ4n) is 2.18. The van der Waals surface area contributed by atoms with Crippen LogP contribution in [0.4, 0.5) is 0 Å². The Morgan fingerprint density at radius 3 is 2.76 bits per heavy atom. The zero-order valence-corrected chi connectivity index (χ0v) is 12.6. The third kappa shape index (κ3) is 2.91. The zero-order chi connectivity index (χ0) is 14.7. The van der Waals surface area contributed by atoms with Crippen LogP contribution in [-0.2, 0) is 0 Å². The highest BCUT2D eigenvalue weighted by Gasteiger charge is 2.22. The Morgan fingerprint density at radius 1 is 1.19 bits per heavy atom. The Kier molecular flexibility index (Phi) is 4.17. The molecule has 3 aromatic heterocycles. The maximum atomic E-state index is 6.31. The highest BCUT2D eigenvalue weighted by molar-refractivity contribution is 7.99. The molecule has 2 N–H and O–H groups in total. The molecule has 0 aliphatic carbocycles. The van der Waals surface area contributed by atoms with Crippen LogP contribution >= 0.6 is 11.8 Å². The van der Waals surface area contributed by atoms with E-state index in [0.717, 1.165) is 22.8 Å². The van der Waals surface area contributed by atoms with Crippen molar-refractivity contribution >= 4 is 17.4 Å². The van der Waals surface area contributed by atoms with E-state index in [0.29, 0.717) is 0 Å². The standard InChI is InChI=1S/C15H17N5S/c1-2-12(16)14(11-6-8-17-9-7-11)21-15-19-18-13-5-3-4-10-20(13)15/h3-10,12,14H,2,16H2,1H3. The first-order chi connectivity index (χ1) is 10.3. The number of thioether (sulfide) groups is 1. The third-order valence-corrected chi connectivity index (χ3v) is 4.77. The number of rotatable bonds is 5. The maximum Gasteiger partial charge on any atom is 0.196 e. The Morgan fingerprint density at radius 2 is 2.00 bits per heavy atom. The summed E-state index contributed by atoms with van der Waals surface area (Å²) in [6.45, 7) is 2.10. The van der Waals surface area contributed by atoms with Crippen molar-refractivity contribution in [2.75, 3.05) is 0 Å². The molecular formula is C15H17N5S. The average Bonchev–Trinajstić information content (AvgIpc) is 2.96. The van der Waals surface area contributed by atoms with Crippen LogP contribution in [0.5, 0.6) is 0 Å². The van der Waals surface area contributed by atoms with Crippen molar-refractivity contribution in [1.82, 2.24) is 19.6 Å². The average molecular weight is 299 g/mol. The molecule has 3 heterocycles. The van der Waals surface area contributed by atoms with Gasteiger partial charge in [-0.2, -0.15) is 0 Å². The minimum atomic E-state index is 0.0495. The Hall–Kier alpha value is -1.92. The van der Waals surface area contributed by atoms with E-state index in [9.17, 15) is 0 Å². The van der Waals surface area contributed by atoms with Crippen LogP contribution < -0.4 is 5.73 Å². The summed E-state index contributed by atoms with van der Waals surface area (Å²) >= 11 is 1.65. The number of nitrogens with zero attached hydrogens (tertiary/aromatic N) is 4. The smallest absolute Gasteiger partial charge is 0.196 e. The normalized spacial score (nSPS) is 14.2. The summed E-state index contributed by atoms with van der Waals surface area (Å²) < 4.78 is 1.99. The van der Waals surface area contributed by atoms with Gasteiger partial charge in [0.15, 0.2) is 10.8 Å². The molecule has 0 amide bonds. The van der Waals surface area contributed by atoms with E-state index in [2.05, 4.69) is 22.1 Å². The van der Waals surface area contributed by atoms with Gasteiger partial charge in [0.2, 0.25) is 0 Å². The third-order valence-electron chi connectivity index (χ3n) is 3.41. The molecule has 5 nitrogen and oxygen atoms in total. The van der Waals surface area contributed by atoms with Crippen molar-refractivity contribution in [3.05, 3.63) is 54.5 Å². The molecule has 0 saturated carbocycles. The summed E-state index contributed by atoms with van der Waals surface area (Å²) in [5.74, 6) is 0. The molecule has 108 valence electrons. The van der Waals surface area contributed by atoms with E-state index in [1.165, 1.54) is 0 Å². The summed E-state index contributed by atoms with van der Waals surface area (Å²) in [7, 11) is 0. The SMILES string of the molecule is CCC(N)C(Sc1nnc2ccccn12)c1ccncc1. The molecule has 2 atom stereocenters. The fourth-order valence-corrected chi connectivity index (χ4v) is 3.43. The molecule has 0 bridgehead atoms. The lowest BCUT2D eigenvalue weighted by molar-refractivity contribution is 0.631. The number of hydrogen-bond acceptors (Lipinski definition) is 5. The Bertz CT molecular complexity index is 712. The van der Waals surface area contributed by atoms with Gasteiger partial charge in [-0.1, -0.05) is 24.8 Å². The summed E-state index contributed by atoms with van der Waals surface area (Å²) in [4.78, 5) is 4.08. The van der Waals surface area contributed by atoms with Crippen molar-refractivity contribution in [3.8, 4) is 0 Å². The fraction of sp³-hybridized carbons (Fsp3) is 0.267. The Labute approximate surface area is 127 Å². The van der Waals surface area contributed by atoms with Gasteiger partial charge in [-0.05, 0) is 36.2 Å². The maximum absolute atomic E-state index is 6.31. The minimum absolute atomic E-state index is 0.0495. The monoisotopic (exact) mass is 299 g/mol. The second kappa shape index (κ2) is 6.24. The summed E-state index contributed by atoms with van der Waals surface area (Å²) in [6.07, 6.45) is 6.47. The van der Waals surface area contributed by atoms with E-state index >= 15 is 0 Å². The topological polar surface area (TPSA) is 69.1 Å². The first kappa shape index (κ1) is 14.0. The molecule has 0 aliphatic heterocycles. The molecule has 0 radical (unpaired) electrons. The van der Waals surface area contributed by atoms with Gasteiger partial charge in [0.05, 0.1) is 5.25 Å². The van der Waals surface area contributed by atoms with Crippen LogP contribution in [-0.4, -0.2) is 25.6 Å². The van der Waals surface area contributed by atoms with Gasteiger partial charge in [-0.15, -0.1) is 10.2 Å². The van der Waals surface area contributed by atoms with Crippen molar-refractivity contribution < 1.29 is 0 Å². The van der Waals surface area contributed by atoms with E-state index in [-0.39, 0.29) is 11.3 Å². The first-order valence-corrected chi connectivity index (χ1v) is 7.79. The first-order valence-electron chi connectivity index (χ1n) is 6.91. The van der Waals surface area contributed by atoms with Gasteiger partial charge in [0.25, 0.3) is 0 Å². The van der Waals surface area contributed by atoms with Gasteiger partial charge in [-0.25, -0.2) is 0 Å². The Balaban J connectivity index is 1.95. The molecule has 0 aromatic carbocycles. The zero-order valence-electron chi connectivity index (χ0n) is 11.8. The highest BCUT2D eigenvalue weighted by Crippen LogP contribution is 2.36. The van der Waals surface area contributed by atoms with E-state index in [1.54, 1.807) is 24.2 Å². The second-order valence-electron chi connectivity index (χ2n) is 4.80. The van der Waals surface area contributed by atoms with Crippen molar-refractivity contribution in [2.24, 2.45) is 5.73 Å². The molecule has 0 saturated heterocycles. The van der Waals surface area contributed by atoms with Crippen LogP contribution in [0.25, 0.3) is 5.65 Å². The molecule has 2 unspecified atom stereocenters. The van der Waals surface area contributed by atoms with Gasteiger partial charge < -0.3 is 5.73 Å². The van der Waals surface area contributed by atoms with E-state index in [4.69, 9.17) is 5.73 Å². The number of fused-ring (bicyclic) bond motifs is 1. The number of aromatic nitrogens is 4. The van der Waals surface area contributed by atoms with Crippen molar-refractivity contribution in [3.63, 3.8) is 0 Å². The van der Waals surface area contributed by atoms with Crippen LogP contribution in [0.2, 0.25) is 0 Å². The van der Waals surface area contributed by atoms with Crippen molar-refractivity contribution in [1.29, 1.82) is 0 Å². The minimum Gasteiger partial charge on any atom is -0.326 e. The van der Waals surface area contributed by atoms with Crippen LogP contribution in [0.3, 0.4) is 0 Å². The molecule has 6 heteroatoms. The van der Waals surface area contributed by atoms with Gasteiger partial charge in [0, 0.05) is 24.6 Å². The summed E-state index contributed by atoms with van der Waals surface area (Å²) in [6, 6.07) is 9.94. The van der Waals surface area contributed by atoms with Crippen LogP contribution in [0, 0.1) is 0 Å². The van der Waals surface area contributed by atoms with Gasteiger partial charge in [-0.3, -0.25) is 9.38 Å². The lowest BCUT2D eigenvalue weighted by Crippen LogP contribution is -2.25. The van der Waals surface area contributed by atoms with Gasteiger partial charge >= 0.3 is 0 Å². The largest absolute Gasteiger partial charge is 0.326 e. The number of pyridine rings is 2. The second-order valence-corrected chi connectivity index (χ2v) is 5.91. The van der Waals surface area contributed by atoms with Crippen LogP contribution in [0.15, 0.2) is 54.1 Å². The molecule has 3 rings (SSSR count). The number of nitrogens with two attached hydrogens (primary N) is 1. The predicted molar refractivity (Wildman–Crippen MR) is 84.1 cm³/mol. The number of hydrogen-bond donors (Lipinski definition) is 1. The molecular weight excluding hydrogens is 282 g/mol. The van der Waals surface area contributed by atoms with Crippen molar-refractivity contribution in [2.45, 2.75) is 29.8 Å². The predicted octanol–water partition coefficient (Wildman–Crippen LogP) is 2.70. The molecule has 21 heavy (non-hydrogen) atoms. The molecule has 0 aliphatic rings. The molecule has 0 fully saturated rings. The molecule has 3 aromatic rings. The van der Waals surface area contributed by atoms with E-state index < -0.39 is 0 Å². The lowest BCUT2D eigenvalue weighted by Gasteiger charge is -2.21. The highest BCUT2D eigenvalue weighted by atomic mass is 32.2. The van der Waals surface area contributed by atoms with E-state index in [1.807, 2.05) is 40.9 Å². The summed E-state index contributed by atoms with van der Waals surface area (Å²) in [5, 5.41) is 9.46. The lowest BCUT2D eigenvalue weighted by atomic mass is 10.1. The quantitative estimate of drug-likeness (QED) is 0.734. The van der Waals surface area contributed by atoms with Gasteiger partial charge in [0.1, 0.15) is 0 Å². The summed E-state index contributed by atoms with van der Waals surface area (Å²) in [5.41, 5.74) is 8.32.